The highest BCUT2D eigenvalue weighted by Gasteiger charge is 2.21. The minimum absolute atomic E-state index is 0.215. The Hall–Kier alpha value is -1.56. The molecule has 0 aromatic carbocycles. The number of nitrogens with two attached hydrogens (primary N) is 1. The number of carbonyl (C=O) groups is 1. The zero-order valence-corrected chi connectivity index (χ0v) is 11.5. The molecule has 106 valence electrons. The molecule has 1 fully saturated rings. The van der Waals surface area contributed by atoms with Crippen molar-refractivity contribution in [1.29, 1.82) is 0 Å². The molecule has 0 radical (unpaired) electrons. The largest absolute Gasteiger partial charge is 0.461 e. The van der Waals surface area contributed by atoms with Gasteiger partial charge in [0, 0.05) is 13.2 Å². The lowest BCUT2D eigenvalue weighted by Gasteiger charge is -2.12. The number of aryl methyl sites for hydroxylation is 1. The van der Waals surface area contributed by atoms with Crippen LogP contribution in [0.2, 0.25) is 0 Å². The van der Waals surface area contributed by atoms with Gasteiger partial charge in [-0.05, 0) is 33.1 Å². The first-order valence-electron chi connectivity index (χ1n) is 6.74. The molecule has 2 N–H and O–H groups in total. The van der Waals surface area contributed by atoms with Crippen molar-refractivity contribution in [2.24, 2.45) is 0 Å². The maximum atomic E-state index is 11.7. The summed E-state index contributed by atoms with van der Waals surface area (Å²) in [5.74, 6) is 0.659. The van der Waals surface area contributed by atoms with Crippen molar-refractivity contribution in [3.63, 3.8) is 0 Å². The van der Waals surface area contributed by atoms with Crippen LogP contribution in [0.1, 0.15) is 42.5 Å². The van der Waals surface area contributed by atoms with Gasteiger partial charge in [0.2, 0.25) is 0 Å². The van der Waals surface area contributed by atoms with Crippen LogP contribution in [0.5, 0.6) is 0 Å². The molecule has 6 nitrogen and oxygen atoms in total. The summed E-state index contributed by atoms with van der Waals surface area (Å²) in [6.07, 6.45) is 3.41. The van der Waals surface area contributed by atoms with E-state index in [9.17, 15) is 4.79 Å². The third kappa shape index (κ3) is 3.07. The summed E-state index contributed by atoms with van der Waals surface area (Å²) in [6, 6.07) is 0. The Morgan fingerprint density at radius 3 is 3.05 bits per heavy atom. The maximum Gasteiger partial charge on any atom is 0.360 e. The Morgan fingerprint density at radius 2 is 2.42 bits per heavy atom. The van der Waals surface area contributed by atoms with Crippen molar-refractivity contribution in [1.82, 2.24) is 9.55 Å². The van der Waals surface area contributed by atoms with E-state index in [4.69, 9.17) is 15.2 Å². The van der Waals surface area contributed by atoms with Crippen LogP contribution in [0, 0.1) is 6.92 Å². The van der Waals surface area contributed by atoms with Crippen LogP contribution in [0.4, 0.5) is 5.82 Å². The molecule has 0 saturated carbocycles. The molecule has 1 aliphatic rings. The van der Waals surface area contributed by atoms with Gasteiger partial charge >= 0.3 is 5.97 Å². The highest BCUT2D eigenvalue weighted by molar-refractivity contribution is 5.92. The van der Waals surface area contributed by atoms with Crippen molar-refractivity contribution < 1.29 is 14.3 Å². The third-order valence-electron chi connectivity index (χ3n) is 3.37. The van der Waals surface area contributed by atoms with Gasteiger partial charge in [0.25, 0.3) is 0 Å². The zero-order chi connectivity index (χ0) is 13.8. The van der Waals surface area contributed by atoms with Gasteiger partial charge in [-0.25, -0.2) is 9.78 Å². The second-order valence-electron chi connectivity index (χ2n) is 4.69. The molecule has 1 aromatic heterocycles. The molecule has 1 saturated heterocycles. The summed E-state index contributed by atoms with van der Waals surface area (Å²) in [4.78, 5) is 15.9. The third-order valence-corrected chi connectivity index (χ3v) is 3.37. The standard InChI is InChI=1S/C13H21N3O3/c1-3-18-13(17)11-12(14)16(9(2)15-11)7-6-10-5-4-8-19-10/h10H,3-8,14H2,1-2H3. The number of hydrogen-bond acceptors (Lipinski definition) is 5. The van der Waals surface area contributed by atoms with Gasteiger partial charge < -0.3 is 19.8 Å². The quantitative estimate of drug-likeness (QED) is 0.818. The molecule has 1 unspecified atom stereocenters. The summed E-state index contributed by atoms with van der Waals surface area (Å²) in [7, 11) is 0. The maximum absolute atomic E-state index is 11.7. The smallest absolute Gasteiger partial charge is 0.360 e. The molecular weight excluding hydrogens is 246 g/mol. The fraction of sp³-hybridized carbons (Fsp3) is 0.692. The van der Waals surface area contributed by atoms with E-state index in [2.05, 4.69) is 4.98 Å². The molecule has 19 heavy (non-hydrogen) atoms. The number of nitrogens with zero attached hydrogens (tertiary/aromatic N) is 2. The summed E-state index contributed by atoms with van der Waals surface area (Å²) >= 11 is 0. The minimum Gasteiger partial charge on any atom is -0.461 e. The summed E-state index contributed by atoms with van der Waals surface area (Å²) < 4.78 is 12.4. The van der Waals surface area contributed by atoms with Crippen LogP contribution < -0.4 is 5.73 Å². The lowest BCUT2D eigenvalue weighted by molar-refractivity contribution is 0.0521. The van der Waals surface area contributed by atoms with E-state index in [0.717, 1.165) is 38.2 Å². The number of hydrogen-bond donors (Lipinski definition) is 1. The molecule has 2 heterocycles. The molecule has 0 aliphatic carbocycles. The molecule has 6 heteroatoms. The number of imidazole rings is 1. The van der Waals surface area contributed by atoms with Crippen LogP contribution >= 0.6 is 0 Å². The second kappa shape index (κ2) is 6.06. The average Bonchev–Trinajstić information content (AvgIpc) is 2.97. The fourth-order valence-electron chi connectivity index (χ4n) is 2.36. The molecule has 0 amide bonds. The number of rotatable bonds is 5. The van der Waals surface area contributed by atoms with Crippen molar-refractivity contribution in [2.75, 3.05) is 18.9 Å². The monoisotopic (exact) mass is 267 g/mol. The van der Waals surface area contributed by atoms with Gasteiger partial charge in [-0.1, -0.05) is 0 Å². The lowest BCUT2D eigenvalue weighted by Crippen LogP contribution is -2.14. The number of anilines is 1. The fourth-order valence-corrected chi connectivity index (χ4v) is 2.36. The Morgan fingerprint density at radius 1 is 1.63 bits per heavy atom. The van der Waals surface area contributed by atoms with Crippen molar-refractivity contribution in [2.45, 2.75) is 45.8 Å². The van der Waals surface area contributed by atoms with Crippen molar-refractivity contribution >= 4 is 11.8 Å². The van der Waals surface area contributed by atoms with E-state index in [1.165, 1.54) is 0 Å². The molecule has 1 aromatic rings. The van der Waals surface area contributed by atoms with E-state index in [-0.39, 0.29) is 5.69 Å². The van der Waals surface area contributed by atoms with Crippen LogP contribution in [-0.4, -0.2) is 34.8 Å². The van der Waals surface area contributed by atoms with Crippen LogP contribution in [0.25, 0.3) is 0 Å². The Bertz CT molecular complexity index is 450. The average molecular weight is 267 g/mol. The first kappa shape index (κ1) is 13.9. The van der Waals surface area contributed by atoms with Gasteiger partial charge in [0.05, 0.1) is 12.7 Å². The normalized spacial score (nSPS) is 18.7. The SMILES string of the molecule is CCOC(=O)c1nc(C)n(CCC2CCCO2)c1N. The van der Waals surface area contributed by atoms with E-state index in [1.807, 2.05) is 11.5 Å². The van der Waals surface area contributed by atoms with E-state index in [1.54, 1.807) is 6.92 Å². The minimum atomic E-state index is -0.459. The van der Waals surface area contributed by atoms with Crippen LogP contribution in [-0.2, 0) is 16.0 Å². The molecule has 2 rings (SSSR count). The van der Waals surface area contributed by atoms with Gasteiger partial charge in [0.1, 0.15) is 11.6 Å². The topological polar surface area (TPSA) is 79.4 Å². The van der Waals surface area contributed by atoms with E-state index >= 15 is 0 Å². The van der Waals surface area contributed by atoms with E-state index < -0.39 is 5.97 Å². The van der Waals surface area contributed by atoms with Gasteiger partial charge in [-0.2, -0.15) is 0 Å². The summed E-state index contributed by atoms with van der Waals surface area (Å²) in [5, 5.41) is 0. The van der Waals surface area contributed by atoms with Gasteiger partial charge in [-0.15, -0.1) is 0 Å². The van der Waals surface area contributed by atoms with Gasteiger partial charge in [-0.3, -0.25) is 0 Å². The van der Waals surface area contributed by atoms with Crippen molar-refractivity contribution in [3.05, 3.63) is 11.5 Å². The summed E-state index contributed by atoms with van der Waals surface area (Å²) in [5.41, 5.74) is 6.19. The molecule has 0 spiro atoms. The molecule has 1 atom stereocenters. The second-order valence-corrected chi connectivity index (χ2v) is 4.69. The highest BCUT2D eigenvalue weighted by Crippen LogP contribution is 2.20. The number of ether oxygens (including phenoxy) is 2. The van der Waals surface area contributed by atoms with Crippen LogP contribution in [0.15, 0.2) is 0 Å². The lowest BCUT2D eigenvalue weighted by atomic mass is 10.2. The van der Waals surface area contributed by atoms with Gasteiger partial charge in [0.15, 0.2) is 5.69 Å². The summed E-state index contributed by atoms with van der Waals surface area (Å²) in [6.45, 7) is 5.48. The Balaban J connectivity index is 2.05. The Kier molecular flexibility index (Phi) is 4.42. The number of nitrogen functional groups attached to an aromatic ring is 1. The van der Waals surface area contributed by atoms with Crippen molar-refractivity contribution in [3.8, 4) is 0 Å². The first-order valence-corrected chi connectivity index (χ1v) is 6.74. The zero-order valence-electron chi connectivity index (χ0n) is 11.5. The Labute approximate surface area is 112 Å². The molecule has 1 aliphatic heterocycles. The number of aromatic nitrogens is 2. The molecule has 0 bridgehead atoms. The first-order chi connectivity index (χ1) is 9.13. The van der Waals surface area contributed by atoms with E-state index in [0.29, 0.717) is 18.5 Å². The molecular formula is C13H21N3O3. The predicted octanol–water partition coefficient (Wildman–Crippen LogP) is 1.52. The van der Waals surface area contributed by atoms with Crippen LogP contribution in [0.3, 0.4) is 0 Å². The number of esters is 1. The predicted molar refractivity (Wildman–Crippen MR) is 70.9 cm³/mol. The number of carbonyl (C=O) groups excluding carboxylic acids is 1. The highest BCUT2D eigenvalue weighted by atomic mass is 16.5.